The second kappa shape index (κ2) is 16.1. The Morgan fingerprint density at radius 1 is 0.532 bits per heavy atom. The molecule has 6 heteroatoms. The normalized spacial score (nSPS) is 12.7. The molecule has 0 radical (unpaired) electrons. The quantitative estimate of drug-likeness (QED) is 0.149. The number of benzene rings is 7. The fourth-order valence-electron chi connectivity index (χ4n) is 8.44. The fraction of sp³-hybridized carbons (Fsp3) is 0.143. The monoisotopic (exact) mass is 986 g/mol. The second-order valence-corrected chi connectivity index (χ2v) is 17.8. The molecular weight excluding hydrogens is 940 g/mol. The molecule has 1 aliphatic rings. The average Bonchev–Trinajstić information content (AvgIpc) is 3.82. The number of anilines is 4. The van der Waals surface area contributed by atoms with E-state index >= 15 is 0 Å². The van der Waals surface area contributed by atoms with Gasteiger partial charge in [-0.3, -0.25) is 0 Å². The van der Waals surface area contributed by atoms with Crippen LogP contribution in [-0.4, -0.2) is 9.55 Å². The van der Waals surface area contributed by atoms with Gasteiger partial charge in [0.25, 0.3) is 0 Å². The number of aromatic nitrogens is 2. The summed E-state index contributed by atoms with van der Waals surface area (Å²) >= 11 is 0. The number of nitrogens with zero attached hydrogens (tertiary/aromatic N) is 4. The molecular formula is C56H47N4OPt-3. The summed E-state index contributed by atoms with van der Waals surface area (Å²) in [4.78, 5) is 9.45. The maximum Gasteiger partial charge on any atom is 0.135 e. The molecule has 62 heavy (non-hydrogen) atoms. The zero-order valence-corrected chi connectivity index (χ0v) is 38.0. The molecule has 310 valence electrons. The summed E-state index contributed by atoms with van der Waals surface area (Å²) in [5.74, 6) is 2.03. The Bertz CT molecular complexity index is 3070. The minimum absolute atomic E-state index is 0. The molecule has 0 amide bonds. The SMILES string of the molecule is CC(C)(C)c1ccnc(-n2c3[c-]c(Oc4[c-]c(N5[CH-]N(c6cc(C(C)(C)C)ccc6-c6ccccc6)c6ccccc65)ccc4)cc(-c4ccccc4)c3c3ccccc32)c1.[Pt]. The zero-order chi connectivity index (χ0) is 41.9. The van der Waals surface area contributed by atoms with Crippen LogP contribution in [0.4, 0.5) is 22.7 Å². The van der Waals surface area contributed by atoms with Gasteiger partial charge in [-0.05, 0) is 74.9 Å². The van der Waals surface area contributed by atoms with E-state index in [-0.39, 0.29) is 31.9 Å². The van der Waals surface area contributed by atoms with Crippen molar-refractivity contribution in [3.8, 4) is 39.6 Å². The number of hydrogen-bond donors (Lipinski definition) is 0. The molecule has 0 bridgehead atoms. The average molecular weight is 987 g/mol. The predicted octanol–water partition coefficient (Wildman–Crippen LogP) is 14.9. The van der Waals surface area contributed by atoms with Gasteiger partial charge in [-0.15, -0.1) is 48.3 Å². The van der Waals surface area contributed by atoms with Crippen molar-refractivity contribution >= 4 is 44.6 Å². The summed E-state index contributed by atoms with van der Waals surface area (Å²) in [5, 5.41) is 2.23. The molecule has 0 N–H and O–H groups in total. The van der Waals surface area contributed by atoms with Crippen LogP contribution in [-0.2, 0) is 31.9 Å². The van der Waals surface area contributed by atoms with Crippen molar-refractivity contribution in [2.75, 3.05) is 9.80 Å². The second-order valence-electron chi connectivity index (χ2n) is 17.8. The van der Waals surface area contributed by atoms with Gasteiger partial charge in [-0.2, -0.15) is 6.07 Å². The minimum Gasteiger partial charge on any atom is -0.509 e. The first-order valence-corrected chi connectivity index (χ1v) is 21.0. The van der Waals surface area contributed by atoms with Crippen LogP contribution in [0.3, 0.4) is 0 Å². The number of ether oxygens (including phenoxy) is 1. The third-order valence-corrected chi connectivity index (χ3v) is 11.7. The maximum absolute atomic E-state index is 6.84. The predicted molar refractivity (Wildman–Crippen MR) is 252 cm³/mol. The Morgan fingerprint density at radius 2 is 1.16 bits per heavy atom. The fourth-order valence-corrected chi connectivity index (χ4v) is 8.44. The number of fused-ring (bicyclic) bond motifs is 4. The van der Waals surface area contributed by atoms with Gasteiger partial charge in [0.1, 0.15) is 5.82 Å². The van der Waals surface area contributed by atoms with E-state index in [9.17, 15) is 0 Å². The van der Waals surface area contributed by atoms with Crippen LogP contribution in [0.5, 0.6) is 11.5 Å². The molecule has 0 saturated heterocycles. The van der Waals surface area contributed by atoms with E-state index in [2.05, 4.69) is 226 Å². The summed E-state index contributed by atoms with van der Waals surface area (Å²) in [6.07, 6.45) is 1.91. The van der Waals surface area contributed by atoms with Gasteiger partial charge < -0.3 is 19.1 Å². The Kier molecular flexibility index (Phi) is 10.7. The van der Waals surface area contributed by atoms with Gasteiger partial charge in [0.05, 0.1) is 0 Å². The first-order valence-electron chi connectivity index (χ1n) is 21.0. The third kappa shape index (κ3) is 7.49. The van der Waals surface area contributed by atoms with E-state index in [4.69, 9.17) is 9.72 Å². The van der Waals surface area contributed by atoms with E-state index in [1.165, 1.54) is 22.3 Å². The molecule has 2 aromatic heterocycles. The summed E-state index contributed by atoms with van der Waals surface area (Å²) < 4.78 is 9.07. The van der Waals surface area contributed by atoms with Crippen molar-refractivity contribution in [1.82, 2.24) is 9.55 Å². The van der Waals surface area contributed by atoms with Crippen LogP contribution in [0.1, 0.15) is 52.7 Å². The zero-order valence-electron chi connectivity index (χ0n) is 35.8. The minimum atomic E-state index is -0.0462. The molecule has 5 nitrogen and oxygen atoms in total. The molecule has 0 atom stereocenters. The van der Waals surface area contributed by atoms with E-state index in [1.54, 1.807) is 0 Å². The molecule has 0 fully saturated rings. The van der Waals surface area contributed by atoms with E-state index in [1.807, 2.05) is 18.3 Å². The van der Waals surface area contributed by atoms with E-state index < -0.39 is 0 Å². The first-order chi connectivity index (χ1) is 29.5. The van der Waals surface area contributed by atoms with E-state index in [0.29, 0.717) is 11.5 Å². The van der Waals surface area contributed by atoms with Crippen LogP contribution in [0.2, 0.25) is 0 Å². The first kappa shape index (κ1) is 41.0. The van der Waals surface area contributed by atoms with Crippen molar-refractivity contribution < 1.29 is 25.8 Å². The number of hydrogen-bond acceptors (Lipinski definition) is 4. The van der Waals surface area contributed by atoms with Crippen LogP contribution >= 0.6 is 0 Å². The maximum atomic E-state index is 6.84. The standard InChI is InChI=1S/C56H47N4O.Pt/c1-55(2,3)40-28-29-45(38-18-9-7-10-19-38)51(32-40)59-37-58(49-26-15-16-27-50(49)59)42-22-17-23-43(34-42)61-44-35-47(39-20-11-8-12-21-39)54-46-24-13-14-25-48(46)60(52(54)36-44)53-33-41(30-31-57-53)56(4,5)6;/h7-33,35,37H,1-6H3;/q-3;. The van der Waals surface area contributed by atoms with Crippen molar-refractivity contribution in [3.05, 3.63) is 200 Å². The van der Waals surface area contributed by atoms with E-state index in [0.717, 1.165) is 61.5 Å². The van der Waals surface area contributed by atoms with Crippen LogP contribution < -0.4 is 14.5 Å². The van der Waals surface area contributed by atoms with Crippen molar-refractivity contribution in [3.63, 3.8) is 0 Å². The molecule has 0 aliphatic carbocycles. The Labute approximate surface area is 379 Å². The Morgan fingerprint density at radius 3 is 1.87 bits per heavy atom. The summed E-state index contributed by atoms with van der Waals surface area (Å²) in [5.41, 5.74) is 13.0. The molecule has 1 aliphatic heterocycles. The summed E-state index contributed by atoms with van der Waals surface area (Å²) in [7, 11) is 0. The van der Waals surface area contributed by atoms with Crippen LogP contribution in [0.15, 0.2) is 170 Å². The largest absolute Gasteiger partial charge is 0.509 e. The molecule has 7 aromatic carbocycles. The van der Waals surface area contributed by atoms with Crippen molar-refractivity contribution in [2.24, 2.45) is 0 Å². The molecule has 0 spiro atoms. The number of rotatable bonds is 7. The topological polar surface area (TPSA) is 33.5 Å². The molecule has 0 saturated carbocycles. The van der Waals surface area contributed by atoms with Crippen LogP contribution in [0, 0.1) is 18.8 Å². The Balaban J connectivity index is 0.00000490. The summed E-state index contributed by atoms with van der Waals surface area (Å²) in [6.45, 7) is 15.7. The molecule has 10 rings (SSSR count). The molecule has 3 heterocycles. The third-order valence-electron chi connectivity index (χ3n) is 11.7. The van der Waals surface area contributed by atoms with Gasteiger partial charge in [0.2, 0.25) is 0 Å². The molecule has 0 unspecified atom stereocenters. The van der Waals surface area contributed by atoms with Gasteiger partial charge in [-0.1, -0.05) is 156 Å². The smallest absolute Gasteiger partial charge is 0.135 e. The Hall–Kier alpha value is -6.42. The van der Waals surface area contributed by atoms with Crippen molar-refractivity contribution in [1.29, 1.82) is 0 Å². The summed E-state index contributed by atoms with van der Waals surface area (Å²) in [6, 6.07) is 65.0. The van der Waals surface area contributed by atoms with Crippen LogP contribution in [0.25, 0.3) is 49.9 Å². The van der Waals surface area contributed by atoms with Crippen molar-refractivity contribution in [2.45, 2.75) is 52.4 Å². The number of pyridine rings is 1. The van der Waals surface area contributed by atoms with Gasteiger partial charge in [-0.25, -0.2) is 4.98 Å². The number of para-hydroxylation sites is 3. The van der Waals surface area contributed by atoms with Gasteiger partial charge in [0.15, 0.2) is 0 Å². The van der Waals surface area contributed by atoms with Gasteiger partial charge in [0, 0.05) is 66.9 Å². The van der Waals surface area contributed by atoms with Gasteiger partial charge >= 0.3 is 0 Å². The molecule has 9 aromatic rings.